The number of nitrogens with zero attached hydrogens (tertiary/aromatic N) is 2. The predicted octanol–water partition coefficient (Wildman–Crippen LogP) is 5.87. The Labute approximate surface area is 184 Å². The number of hydrogen-bond donors (Lipinski definition) is 0. The first-order chi connectivity index (χ1) is 15.2. The van der Waals surface area contributed by atoms with Crippen LogP contribution in [0.1, 0.15) is 28.8 Å². The third kappa shape index (κ3) is 6.90. The Bertz CT molecular complexity index is 978. The molecule has 32 heavy (non-hydrogen) atoms. The lowest BCUT2D eigenvalue weighted by Crippen LogP contribution is -2.26. The Morgan fingerprint density at radius 3 is 2.22 bits per heavy atom. The predicted molar refractivity (Wildman–Crippen MR) is 112 cm³/mol. The van der Waals surface area contributed by atoms with E-state index in [1.54, 1.807) is 7.11 Å². The Kier molecular flexibility index (Phi) is 8.04. The number of alkyl halides is 3. The van der Waals surface area contributed by atoms with E-state index < -0.39 is 23.4 Å². The fourth-order valence-electron chi connectivity index (χ4n) is 3.58. The lowest BCUT2D eigenvalue weighted by atomic mass is 10.1. The second-order valence-electron chi connectivity index (χ2n) is 7.66. The molecule has 0 unspecified atom stereocenters. The van der Waals surface area contributed by atoms with Gasteiger partial charge in [-0.1, -0.05) is 12.1 Å². The molecule has 0 amide bonds. The second kappa shape index (κ2) is 10.7. The average Bonchev–Trinajstić information content (AvgIpc) is 3.13. The van der Waals surface area contributed by atoms with Crippen molar-refractivity contribution in [2.75, 3.05) is 20.3 Å². The number of methoxy groups -OCH3 is 1. The molecule has 3 nitrogen and oxygen atoms in total. The number of hydrogen-bond acceptors (Lipinski definition) is 2. The summed E-state index contributed by atoms with van der Waals surface area (Å²) in [6.07, 6.45) is -1.76. The number of halogens is 5. The molecule has 0 aliphatic rings. The van der Waals surface area contributed by atoms with Crippen molar-refractivity contribution in [2.45, 2.75) is 32.2 Å². The number of benzene rings is 2. The van der Waals surface area contributed by atoms with Crippen LogP contribution in [-0.2, 0) is 30.5 Å². The van der Waals surface area contributed by atoms with Crippen molar-refractivity contribution in [3.8, 4) is 0 Å². The standard InChI is InChI=1S/C24H25F5N2O/c1-32-11-3-9-30(15-19-12-21(25)14-22(26)13-19)17-23-4-2-10-31(23)16-18-5-7-20(8-6-18)24(27,28)29/h2,4-8,10,12-14H,3,9,11,15-17H2,1H3. The highest BCUT2D eigenvalue weighted by Gasteiger charge is 2.29. The van der Waals surface area contributed by atoms with E-state index >= 15 is 0 Å². The largest absolute Gasteiger partial charge is 0.416 e. The van der Waals surface area contributed by atoms with Gasteiger partial charge in [-0.2, -0.15) is 13.2 Å². The molecule has 0 spiro atoms. The van der Waals surface area contributed by atoms with Crippen molar-refractivity contribution in [3.05, 3.63) is 94.8 Å². The molecule has 2 aromatic carbocycles. The van der Waals surface area contributed by atoms with Crippen LogP contribution in [-0.4, -0.2) is 29.7 Å². The van der Waals surface area contributed by atoms with E-state index in [9.17, 15) is 22.0 Å². The molecule has 0 bridgehead atoms. The lowest BCUT2D eigenvalue weighted by molar-refractivity contribution is -0.137. The van der Waals surface area contributed by atoms with Gasteiger partial charge >= 0.3 is 6.18 Å². The molecule has 0 radical (unpaired) electrons. The molecule has 0 saturated carbocycles. The summed E-state index contributed by atoms with van der Waals surface area (Å²) < 4.78 is 72.7. The minimum absolute atomic E-state index is 0.351. The summed E-state index contributed by atoms with van der Waals surface area (Å²) in [7, 11) is 1.61. The molecule has 8 heteroatoms. The zero-order chi connectivity index (χ0) is 23.1. The third-order valence-electron chi connectivity index (χ3n) is 5.09. The van der Waals surface area contributed by atoms with Crippen molar-refractivity contribution >= 4 is 0 Å². The van der Waals surface area contributed by atoms with Gasteiger partial charge in [0.1, 0.15) is 11.6 Å². The third-order valence-corrected chi connectivity index (χ3v) is 5.09. The zero-order valence-electron chi connectivity index (χ0n) is 17.7. The topological polar surface area (TPSA) is 17.4 Å². The summed E-state index contributed by atoms with van der Waals surface area (Å²) in [5, 5.41) is 0. The molecule has 1 heterocycles. The van der Waals surface area contributed by atoms with Crippen molar-refractivity contribution in [3.63, 3.8) is 0 Å². The van der Waals surface area contributed by atoms with Gasteiger partial charge in [-0.3, -0.25) is 4.90 Å². The van der Waals surface area contributed by atoms with E-state index in [1.807, 2.05) is 22.9 Å². The van der Waals surface area contributed by atoms with Gasteiger partial charge in [-0.25, -0.2) is 8.78 Å². The maximum absolute atomic E-state index is 13.6. The molecule has 0 N–H and O–H groups in total. The van der Waals surface area contributed by atoms with Crippen LogP contribution in [0.25, 0.3) is 0 Å². The normalized spacial score (nSPS) is 12.0. The van der Waals surface area contributed by atoms with Crippen LogP contribution in [0.15, 0.2) is 60.8 Å². The first-order valence-electron chi connectivity index (χ1n) is 10.2. The number of ether oxygens (including phenoxy) is 1. The number of rotatable bonds is 10. The van der Waals surface area contributed by atoms with E-state index in [-0.39, 0.29) is 0 Å². The molecule has 0 aliphatic heterocycles. The van der Waals surface area contributed by atoms with Gasteiger partial charge in [-0.15, -0.1) is 0 Å². The van der Waals surface area contributed by atoms with Crippen LogP contribution >= 0.6 is 0 Å². The number of aromatic nitrogens is 1. The van der Waals surface area contributed by atoms with Gasteiger partial charge in [0, 0.05) is 57.9 Å². The van der Waals surface area contributed by atoms with E-state index in [2.05, 4.69) is 4.90 Å². The van der Waals surface area contributed by atoms with Crippen molar-refractivity contribution in [1.82, 2.24) is 9.47 Å². The van der Waals surface area contributed by atoms with Gasteiger partial charge in [0.15, 0.2) is 0 Å². The summed E-state index contributed by atoms with van der Waals surface area (Å²) in [5.41, 5.74) is 1.54. The molecule has 1 aromatic heterocycles. The highest BCUT2D eigenvalue weighted by molar-refractivity contribution is 5.25. The highest BCUT2D eigenvalue weighted by Crippen LogP contribution is 2.29. The van der Waals surface area contributed by atoms with Crippen LogP contribution < -0.4 is 0 Å². The lowest BCUT2D eigenvalue weighted by Gasteiger charge is -2.23. The van der Waals surface area contributed by atoms with Crippen LogP contribution in [0.2, 0.25) is 0 Å². The summed E-state index contributed by atoms with van der Waals surface area (Å²) in [6.45, 7) is 2.48. The molecule has 0 aliphatic carbocycles. The first kappa shape index (κ1) is 23.9. The molecule has 3 rings (SSSR count). The second-order valence-corrected chi connectivity index (χ2v) is 7.66. The van der Waals surface area contributed by atoms with Gasteiger partial charge in [-0.05, 0) is 53.9 Å². The van der Waals surface area contributed by atoms with Gasteiger partial charge in [0.05, 0.1) is 5.56 Å². The molecule has 172 valence electrons. The smallest absolute Gasteiger partial charge is 0.385 e. The van der Waals surface area contributed by atoms with Gasteiger partial charge in [0.25, 0.3) is 0 Å². The monoisotopic (exact) mass is 452 g/mol. The molecule has 0 saturated heterocycles. The van der Waals surface area contributed by atoms with E-state index in [1.165, 1.54) is 24.3 Å². The molecule has 3 aromatic rings. The Morgan fingerprint density at radius 1 is 0.906 bits per heavy atom. The van der Waals surface area contributed by atoms with E-state index in [0.29, 0.717) is 38.3 Å². The van der Waals surface area contributed by atoms with Crippen molar-refractivity contribution < 1.29 is 26.7 Å². The molecule has 0 atom stereocenters. The SMILES string of the molecule is COCCCN(Cc1cc(F)cc(F)c1)Cc1cccn1Cc1ccc(C(F)(F)F)cc1. The summed E-state index contributed by atoms with van der Waals surface area (Å²) in [5.74, 6) is -1.25. The summed E-state index contributed by atoms with van der Waals surface area (Å²) in [6, 6.07) is 12.4. The van der Waals surface area contributed by atoms with Crippen LogP contribution in [0.5, 0.6) is 0 Å². The maximum atomic E-state index is 13.6. The van der Waals surface area contributed by atoms with E-state index in [4.69, 9.17) is 4.74 Å². The van der Waals surface area contributed by atoms with Crippen LogP contribution in [0.4, 0.5) is 22.0 Å². The van der Waals surface area contributed by atoms with Crippen molar-refractivity contribution in [2.24, 2.45) is 0 Å². The molecule has 0 fully saturated rings. The molecular weight excluding hydrogens is 427 g/mol. The van der Waals surface area contributed by atoms with Crippen LogP contribution in [0, 0.1) is 11.6 Å². The minimum atomic E-state index is -4.36. The maximum Gasteiger partial charge on any atom is 0.416 e. The van der Waals surface area contributed by atoms with Crippen LogP contribution in [0.3, 0.4) is 0 Å². The van der Waals surface area contributed by atoms with E-state index in [0.717, 1.165) is 35.9 Å². The minimum Gasteiger partial charge on any atom is -0.385 e. The summed E-state index contributed by atoms with van der Waals surface area (Å²) >= 11 is 0. The molecular formula is C24H25F5N2O. The summed E-state index contributed by atoms with van der Waals surface area (Å²) in [4.78, 5) is 2.06. The highest BCUT2D eigenvalue weighted by atomic mass is 19.4. The Morgan fingerprint density at radius 2 is 1.59 bits per heavy atom. The van der Waals surface area contributed by atoms with Gasteiger partial charge < -0.3 is 9.30 Å². The fraction of sp³-hybridized carbons (Fsp3) is 0.333. The first-order valence-corrected chi connectivity index (χ1v) is 10.2. The Hall–Kier alpha value is -2.71. The quantitative estimate of drug-likeness (QED) is 0.283. The zero-order valence-corrected chi connectivity index (χ0v) is 17.7. The fourth-order valence-corrected chi connectivity index (χ4v) is 3.58. The average molecular weight is 452 g/mol. The Balaban J connectivity index is 1.73. The van der Waals surface area contributed by atoms with Gasteiger partial charge in [0.2, 0.25) is 0 Å². The van der Waals surface area contributed by atoms with Crippen molar-refractivity contribution in [1.29, 1.82) is 0 Å².